The summed E-state index contributed by atoms with van der Waals surface area (Å²) >= 11 is 0. The molecule has 0 N–H and O–H groups in total. The highest BCUT2D eigenvalue weighted by Crippen LogP contribution is 2.20. The summed E-state index contributed by atoms with van der Waals surface area (Å²) in [6, 6.07) is 7.82. The highest BCUT2D eigenvalue weighted by atomic mass is 16.4. The van der Waals surface area contributed by atoms with Crippen molar-refractivity contribution in [1.29, 1.82) is 0 Å². The predicted octanol–water partition coefficient (Wildman–Crippen LogP) is 2.27. The first-order valence-corrected chi connectivity index (χ1v) is 4.83. The van der Waals surface area contributed by atoms with E-state index in [1.807, 2.05) is 31.2 Å². The molecule has 0 spiro atoms. The highest BCUT2D eigenvalue weighted by Gasteiger charge is 2.06. The third-order valence-corrected chi connectivity index (χ3v) is 2.21. The summed E-state index contributed by atoms with van der Waals surface area (Å²) in [4.78, 5) is 0. The summed E-state index contributed by atoms with van der Waals surface area (Å²) < 4.78 is 5.32. The fourth-order valence-electron chi connectivity index (χ4n) is 1.34. The van der Waals surface area contributed by atoms with Gasteiger partial charge in [0.1, 0.15) is 0 Å². The maximum Gasteiger partial charge on any atom is 0.247 e. The summed E-state index contributed by atoms with van der Waals surface area (Å²) in [6.07, 6.45) is 0. The Bertz CT molecular complexity index is 448. The maximum atomic E-state index is 5.76. The summed E-state index contributed by atoms with van der Waals surface area (Å²) in [5.74, 6) is 1.16. The van der Waals surface area contributed by atoms with Gasteiger partial charge in [-0.25, -0.2) is 0 Å². The number of benzene rings is 1. The maximum absolute atomic E-state index is 5.76. The van der Waals surface area contributed by atoms with Gasteiger partial charge < -0.3 is 4.42 Å². The van der Waals surface area contributed by atoms with E-state index in [2.05, 4.69) is 10.2 Å². The van der Waals surface area contributed by atoms with Gasteiger partial charge in [0.2, 0.25) is 11.8 Å². The van der Waals surface area contributed by atoms with Crippen LogP contribution in [0.2, 0.25) is 0 Å². The van der Waals surface area contributed by atoms with Gasteiger partial charge in [-0.15, -0.1) is 10.2 Å². The van der Waals surface area contributed by atoms with Crippen LogP contribution < -0.4 is 0 Å². The second kappa shape index (κ2) is 3.89. The molecule has 0 aliphatic carbocycles. The number of aryl methyl sites for hydroxylation is 1. The molecule has 4 heteroatoms. The number of nitrogens with zero attached hydrogens (tertiary/aromatic N) is 2. The lowest BCUT2D eigenvalue weighted by molar-refractivity contribution is 0.533. The lowest BCUT2D eigenvalue weighted by atomic mass is 9.83. The van der Waals surface area contributed by atoms with Gasteiger partial charge in [-0.2, -0.15) is 0 Å². The minimum atomic E-state index is 0.0449. The van der Waals surface area contributed by atoms with Crippen LogP contribution >= 0.6 is 0 Å². The lowest BCUT2D eigenvalue weighted by Crippen LogP contribution is -1.91. The van der Waals surface area contributed by atoms with Gasteiger partial charge in [-0.3, -0.25) is 0 Å². The van der Waals surface area contributed by atoms with E-state index in [9.17, 15) is 0 Å². The molecule has 74 valence electrons. The van der Waals surface area contributed by atoms with Crippen LogP contribution in [0, 0.1) is 6.92 Å². The van der Waals surface area contributed by atoms with E-state index in [1.54, 1.807) is 6.92 Å². The Morgan fingerprint density at radius 1 is 1.20 bits per heavy atom. The predicted molar refractivity (Wildman–Crippen MR) is 58.6 cm³/mol. The van der Waals surface area contributed by atoms with Crippen molar-refractivity contribution in [2.75, 3.05) is 0 Å². The van der Waals surface area contributed by atoms with Crippen molar-refractivity contribution >= 4 is 7.85 Å². The monoisotopic (exact) mass is 198 g/mol. The molecule has 0 aliphatic heterocycles. The van der Waals surface area contributed by atoms with Crippen molar-refractivity contribution in [3.63, 3.8) is 0 Å². The number of hydrogen-bond donors (Lipinski definition) is 0. The van der Waals surface area contributed by atoms with E-state index in [0.29, 0.717) is 11.8 Å². The van der Waals surface area contributed by atoms with Crippen LogP contribution in [0.15, 0.2) is 28.7 Å². The van der Waals surface area contributed by atoms with Crippen molar-refractivity contribution in [3.05, 3.63) is 35.7 Å². The Balaban J connectivity index is 2.31. The van der Waals surface area contributed by atoms with Crippen LogP contribution in [0.1, 0.15) is 24.2 Å². The Morgan fingerprint density at radius 3 is 2.33 bits per heavy atom. The van der Waals surface area contributed by atoms with Crippen LogP contribution in [0.25, 0.3) is 11.5 Å². The van der Waals surface area contributed by atoms with Gasteiger partial charge in [-0.05, 0) is 12.1 Å². The van der Waals surface area contributed by atoms with Gasteiger partial charge in [0.25, 0.3) is 0 Å². The first-order chi connectivity index (χ1) is 7.16. The topological polar surface area (TPSA) is 38.9 Å². The smallest absolute Gasteiger partial charge is 0.247 e. The molecular formula is C11H11BN2O. The van der Waals surface area contributed by atoms with Crippen LogP contribution in [-0.4, -0.2) is 18.0 Å². The van der Waals surface area contributed by atoms with Crippen LogP contribution in [0.4, 0.5) is 0 Å². The summed E-state index contributed by atoms with van der Waals surface area (Å²) in [5.41, 5.74) is 2.01. The number of rotatable bonds is 2. The zero-order chi connectivity index (χ0) is 10.8. The number of aromatic nitrogens is 2. The van der Waals surface area contributed by atoms with Gasteiger partial charge >= 0.3 is 0 Å². The van der Waals surface area contributed by atoms with E-state index in [0.717, 1.165) is 11.1 Å². The SMILES string of the molecule is [B]C(C)c1ccc(-c2nnc(C)o2)cc1. The van der Waals surface area contributed by atoms with Crippen molar-refractivity contribution in [2.24, 2.45) is 0 Å². The van der Waals surface area contributed by atoms with Gasteiger partial charge in [0, 0.05) is 12.5 Å². The zero-order valence-corrected chi connectivity index (χ0v) is 8.77. The lowest BCUT2D eigenvalue weighted by Gasteiger charge is -2.04. The Kier molecular flexibility index (Phi) is 2.58. The quantitative estimate of drug-likeness (QED) is 0.694. The summed E-state index contributed by atoms with van der Waals surface area (Å²) in [7, 11) is 5.76. The number of hydrogen-bond acceptors (Lipinski definition) is 3. The third-order valence-electron chi connectivity index (χ3n) is 2.21. The summed E-state index contributed by atoms with van der Waals surface area (Å²) in [6.45, 7) is 3.72. The van der Waals surface area contributed by atoms with Crippen molar-refractivity contribution in [1.82, 2.24) is 10.2 Å². The minimum absolute atomic E-state index is 0.0449. The molecule has 1 aromatic heterocycles. The molecule has 1 unspecified atom stereocenters. The average Bonchev–Trinajstić information content (AvgIpc) is 2.65. The zero-order valence-electron chi connectivity index (χ0n) is 8.77. The van der Waals surface area contributed by atoms with Crippen molar-refractivity contribution in [3.8, 4) is 11.5 Å². The van der Waals surface area contributed by atoms with Crippen LogP contribution in [0.5, 0.6) is 0 Å². The molecule has 3 nitrogen and oxygen atoms in total. The molecule has 15 heavy (non-hydrogen) atoms. The van der Waals surface area contributed by atoms with Crippen molar-refractivity contribution in [2.45, 2.75) is 19.7 Å². The largest absolute Gasteiger partial charge is 0.421 e. The van der Waals surface area contributed by atoms with E-state index in [1.165, 1.54) is 0 Å². The van der Waals surface area contributed by atoms with Crippen LogP contribution in [0.3, 0.4) is 0 Å². The molecule has 0 saturated carbocycles. The van der Waals surface area contributed by atoms with E-state index < -0.39 is 0 Å². The molecule has 1 aromatic carbocycles. The Morgan fingerprint density at radius 2 is 1.87 bits per heavy atom. The molecule has 1 atom stereocenters. The Hall–Kier alpha value is -1.58. The fraction of sp³-hybridized carbons (Fsp3) is 0.273. The third kappa shape index (κ3) is 2.09. The second-order valence-corrected chi connectivity index (χ2v) is 3.54. The van der Waals surface area contributed by atoms with E-state index in [4.69, 9.17) is 12.3 Å². The molecule has 0 fully saturated rings. The molecular weight excluding hydrogens is 187 g/mol. The minimum Gasteiger partial charge on any atom is -0.421 e. The summed E-state index contributed by atoms with van der Waals surface area (Å²) in [5, 5.41) is 7.72. The fourth-order valence-corrected chi connectivity index (χ4v) is 1.34. The van der Waals surface area contributed by atoms with E-state index >= 15 is 0 Å². The standard InChI is InChI=1S/C11H11BN2O/c1-7(12)9-3-5-10(6-4-9)11-14-13-8(2)15-11/h3-7H,1-2H3. The van der Waals surface area contributed by atoms with Gasteiger partial charge in [0.05, 0.1) is 7.85 Å². The molecule has 0 bridgehead atoms. The molecule has 2 aromatic rings. The molecule has 2 rings (SSSR count). The first-order valence-electron chi connectivity index (χ1n) is 4.83. The van der Waals surface area contributed by atoms with Gasteiger partial charge in [0.15, 0.2) is 0 Å². The molecule has 0 saturated heterocycles. The Labute approximate surface area is 89.9 Å². The second-order valence-electron chi connectivity index (χ2n) is 3.54. The van der Waals surface area contributed by atoms with Crippen LogP contribution in [-0.2, 0) is 0 Å². The molecule has 1 heterocycles. The normalized spacial score (nSPS) is 12.7. The van der Waals surface area contributed by atoms with E-state index in [-0.39, 0.29) is 5.82 Å². The molecule has 0 amide bonds. The molecule has 0 aliphatic rings. The first kappa shape index (κ1) is 9.96. The van der Waals surface area contributed by atoms with Gasteiger partial charge in [-0.1, -0.05) is 30.4 Å². The van der Waals surface area contributed by atoms with Crippen molar-refractivity contribution < 1.29 is 4.42 Å². The molecule has 2 radical (unpaired) electrons. The average molecular weight is 198 g/mol. The highest BCUT2D eigenvalue weighted by molar-refractivity contribution is 6.12.